The van der Waals surface area contributed by atoms with E-state index >= 15 is 0 Å². The molecule has 2 aromatic carbocycles. The maximum atomic E-state index is 13.4. The van der Waals surface area contributed by atoms with Gasteiger partial charge in [0.05, 0.1) is 7.11 Å². The highest BCUT2D eigenvalue weighted by atomic mass is 19.1. The van der Waals surface area contributed by atoms with Gasteiger partial charge in [-0.25, -0.2) is 9.18 Å². The molecule has 1 heterocycles. The quantitative estimate of drug-likeness (QED) is 0.631. The van der Waals surface area contributed by atoms with E-state index in [1.165, 1.54) is 19.2 Å². The molecule has 0 unspecified atom stereocenters. The molecule has 34 heavy (non-hydrogen) atoms. The van der Waals surface area contributed by atoms with Crippen LogP contribution in [0.25, 0.3) is 0 Å². The summed E-state index contributed by atoms with van der Waals surface area (Å²) in [6.07, 6.45) is 0. The predicted molar refractivity (Wildman–Crippen MR) is 127 cm³/mol. The topological polar surface area (TPSA) is 79.0 Å². The van der Waals surface area contributed by atoms with Crippen molar-refractivity contribution in [3.63, 3.8) is 0 Å². The summed E-state index contributed by atoms with van der Waals surface area (Å²) in [6.45, 7) is 7.43. The summed E-state index contributed by atoms with van der Waals surface area (Å²) in [7, 11) is 1.32. The molecule has 7 nitrogen and oxygen atoms in total. The van der Waals surface area contributed by atoms with Gasteiger partial charge in [0, 0.05) is 31.7 Å². The number of methoxy groups -OCH3 is 1. The average Bonchev–Trinajstić information content (AvgIpc) is 2.83. The maximum absolute atomic E-state index is 13.4. The van der Waals surface area contributed by atoms with Crippen LogP contribution in [0.1, 0.15) is 41.4 Å². The molecule has 2 amide bonds. The zero-order valence-corrected chi connectivity index (χ0v) is 20.1. The van der Waals surface area contributed by atoms with Crippen LogP contribution in [0.4, 0.5) is 4.39 Å². The van der Waals surface area contributed by atoms with Crippen LogP contribution in [-0.4, -0.2) is 66.9 Å². The van der Waals surface area contributed by atoms with Gasteiger partial charge in [-0.15, -0.1) is 0 Å². The SMILES string of the molecule is COC(=O)[C@@H](c1ccc(F)cc1)N1CCN(C(=O)[C@@H](NC(=O)c2ccc(C)cc2)C(C)C)CC1. The molecule has 0 bridgehead atoms. The van der Waals surface area contributed by atoms with Crippen molar-refractivity contribution in [2.75, 3.05) is 33.3 Å². The first kappa shape index (κ1) is 25.4. The van der Waals surface area contributed by atoms with E-state index in [0.717, 1.165) is 5.56 Å². The second-order valence-corrected chi connectivity index (χ2v) is 8.90. The van der Waals surface area contributed by atoms with Crippen molar-refractivity contribution in [3.8, 4) is 0 Å². The fourth-order valence-electron chi connectivity index (χ4n) is 4.09. The Balaban J connectivity index is 1.67. The van der Waals surface area contributed by atoms with E-state index in [1.54, 1.807) is 29.2 Å². The van der Waals surface area contributed by atoms with Crippen LogP contribution in [-0.2, 0) is 14.3 Å². The molecular weight excluding hydrogens is 437 g/mol. The minimum absolute atomic E-state index is 0.0954. The van der Waals surface area contributed by atoms with Crippen LogP contribution in [0.3, 0.4) is 0 Å². The second kappa shape index (κ2) is 11.2. The highest BCUT2D eigenvalue weighted by Gasteiger charge is 2.35. The van der Waals surface area contributed by atoms with Gasteiger partial charge in [-0.1, -0.05) is 43.7 Å². The number of nitrogens with one attached hydrogen (secondary N) is 1. The van der Waals surface area contributed by atoms with Crippen molar-refractivity contribution < 1.29 is 23.5 Å². The number of rotatable bonds is 7. The Morgan fingerprint density at radius 1 is 0.941 bits per heavy atom. The molecule has 1 saturated heterocycles. The van der Waals surface area contributed by atoms with Crippen molar-refractivity contribution in [3.05, 3.63) is 71.0 Å². The standard InChI is InChI=1S/C26H32FN3O4/c1-17(2)22(28-24(31)20-7-5-18(3)6-8-20)25(32)30-15-13-29(14-16-30)23(26(33)34-4)19-9-11-21(27)12-10-19/h5-12,17,22-23H,13-16H2,1-4H3,(H,28,31)/t22-,23+/m0/s1. The first-order chi connectivity index (χ1) is 16.2. The third-order valence-corrected chi connectivity index (χ3v) is 6.13. The van der Waals surface area contributed by atoms with Crippen LogP contribution in [0, 0.1) is 18.7 Å². The number of carbonyl (C=O) groups is 3. The Morgan fingerprint density at radius 3 is 2.06 bits per heavy atom. The van der Waals surface area contributed by atoms with Gasteiger partial charge >= 0.3 is 5.97 Å². The number of esters is 1. The van der Waals surface area contributed by atoms with Crippen molar-refractivity contribution in [1.29, 1.82) is 0 Å². The molecule has 0 radical (unpaired) electrons. The Morgan fingerprint density at radius 2 is 1.53 bits per heavy atom. The maximum Gasteiger partial charge on any atom is 0.327 e. The fraction of sp³-hybridized carbons (Fsp3) is 0.423. The van der Waals surface area contributed by atoms with Gasteiger partial charge in [0.1, 0.15) is 17.9 Å². The molecule has 1 aliphatic heterocycles. The molecule has 182 valence electrons. The van der Waals surface area contributed by atoms with E-state index in [-0.39, 0.29) is 23.5 Å². The smallest absolute Gasteiger partial charge is 0.327 e. The fourth-order valence-corrected chi connectivity index (χ4v) is 4.09. The first-order valence-corrected chi connectivity index (χ1v) is 11.4. The van der Waals surface area contributed by atoms with Gasteiger partial charge in [0.25, 0.3) is 5.91 Å². The van der Waals surface area contributed by atoms with Crippen LogP contribution in [0.2, 0.25) is 0 Å². The number of ether oxygens (including phenoxy) is 1. The second-order valence-electron chi connectivity index (χ2n) is 8.90. The highest BCUT2D eigenvalue weighted by molar-refractivity contribution is 5.97. The Labute approximate surface area is 199 Å². The number of carbonyl (C=O) groups excluding carboxylic acids is 3. The van der Waals surface area contributed by atoms with E-state index in [2.05, 4.69) is 5.32 Å². The number of amides is 2. The van der Waals surface area contributed by atoms with Gasteiger partial charge in [0.15, 0.2) is 0 Å². The minimum Gasteiger partial charge on any atom is -0.468 e. The lowest BCUT2D eigenvalue weighted by molar-refractivity contribution is -0.149. The summed E-state index contributed by atoms with van der Waals surface area (Å²) in [6, 6.07) is 11.6. The molecule has 0 spiro atoms. The Kier molecular flexibility index (Phi) is 8.39. The van der Waals surface area contributed by atoms with E-state index in [0.29, 0.717) is 37.3 Å². The highest BCUT2D eigenvalue weighted by Crippen LogP contribution is 2.24. The monoisotopic (exact) mass is 469 g/mol. The molecule has 1 aliphatic rings. The molecule has 2 atom stereocenters. The third kappa shape index (κ3) is 5.99. The normalized spacial score (nSPS) is 16.1. The first-order valence-electron chi connectivity index (χ1n) is 11.4. The lowest BCUT2D eigenvalue weighted by Crippen LogP contribution is -2.57. The number of nitrogens with zero attached hydrogens (tertiary/aromatic N) is 2. The Hall–Kier alpha value is -3.26. The van der Waals surface area contributed by atoms with Crippen LogP contribution in [0.5, 0.6) is 0 Å². The van der Waals surface area contributed by atoms with Crippen molar-refractivity contribution in [1.82, 2.24) is 15.1 Å². The summed E-state index contributed by atoms with van der Waals surface area (Å²) < 4.78 is 18.4. The largest absolute Gasteiger partial charge is 0.468 e. The zero-order chi connectivity index (χ0) is 24.8. The number of hydrogen-bond acceptors (Lipinski definition) is 5. The van der Waals surface area contributed by atoms with Gasteiger partial charge in [-0.2, -0.15) is 0 Å². The molecule has 0 aliphatic carbocycles. The molecule has 0 saturated carbocycles. The van der Waals surface area contributed by atoms with Gasteiger partial charge in [0.2, 0.25) is 5.91 Å². The van der Waals surface area contributed by atoms with Crippen LogP contribution >= 0.6 is 0 Å². The molecule has 1 N–H and O–H groups in total. The third-order valence-electron chi connectivity index (χ3n) is 6.13. The number of halogens is 1. The zero-order valence-electron chi connectivity index (χ0n) is 20.1. The summed E-state index contributed by atoms with van der Waals surface area (Å²) in [5.41, 5.74) is 2.20. The molecule has 0 aromatic heterocycles. The van der Waals surface area contributed by atoms with Crippen molar-refractivity contribution in [2.45, 2.75) is 32.9 Å². The van der Waals surface area contributed by atoms with Gasteiger partial charge in [-0.3, -0.25) is 14.5 Å². The minimum atomic E-state index is -0.676. The van der Waals surface area contributed by atoms with Crippen molar-refractivity contribution in [2.24, 2.45) is 5.92 Å². The molecule has 1 fully saturated rings. The lowest BCUT2D eigenvalue weighted by atomic mass is 10.0. The van der Waals surface area contributed by atoms with Crippen LogP contribution < -0.4 is 5.32 Å². The number of benzene rings is 2. The summed E-state index contributed by atoms with van der Waals surface area (Å²) >= 11 is 0. The molecule has 3 rings (SSSR count). The van der Waals surface area contributed by atoms with E-state index in [1.807, 2.05) is 37.8 Å². The molecule has 8 heteroatoms. The molecular formula is C26H32FN3O4. The Bertz CT molecular complexity index is 1000. The number of hydrogen-bond donors (Lipinski definition) is 1. The van der Waals surface area contributed by atoms with Gasteiger partial charge < -0.3 is 15.0 Å². The average molecular weight is 470 g/mol. The lowest BCUT2D eigenvalue weighted by Gasteiger charge is -2.39. The summed E-state index contributed by atoms with van der Waals surface area (Å²) in [5.74, 6) is -1.34. The van der Waals surface area contributed by atoms with E-state index < -0.39 is 18.1 Å². The molecule has 2 aromatic rings. The van der Waals surface area contributed by atoms with Crippen molar-refractivity contribution >= 4 is 17.8 Å². The van der Waals surface area contributed by atoms with Gasteiger partial charge in [-0.05, 0) is 42.7 Å². The predicted octanol–water partition coefficient (Wildman–Crippen LogP) is 2.95. The summed E-state index contributed by atoms with van der Waals surface area (Å²) in [5, 5.41) is 2.89. The van der Waals surface area contributed by atoms with E-state index in [4.69, 9.17) is 4.74 Å². The number of aryl methyl sites for hydroxylation is 1. The van der Waals surface area contributed by atoms with E-state index in [9.17, 15) is 18.8 Å². The van der Waals surface area contributed by atoms with Crippen LogP contribution in [0.15, 0.2) is 48.5 Å². The number of piperazine rings is 1. The summed E-state index contributed by atoms with van der Waals surface area (Å²) in [4.78, 5) is 42.2.